The van der Waals surface area contributed by atoms with Crippen LogP contribution < -0.4 is 0 Å². The van der Waals surface area contributed by atoms with Gasteiger partial charge in [-0.05, 0) is 20.0 Å². The van der Waals surface area contributed by atoms with Crippen LogP contribution in [0.5, 0.6) is 0 Å². The van der Waals surface area contributed by atoms with Crippen molar-refractivity contribution in [3.8, 4) is 0 Å². The third kappa shape index (κ3) is 5.88. The van der Waals surface area contributed by atoms with E-state index in [9.17, 15) is 9.59 Å². The van der Waals surface area contributed by atoms with E-state index < -0.39 is 0 Å². The second-order valence-corrected chi connectivity index (χ2v) is 5.28. The van der Waals surface area contributed by atoms with Crippen LogP contribution in [0.2, 0.25) is 0 Å². The van der Waals surface area contributed by atoms with E-state index in [0.717, 1.165) is 13.0 Å². The molecule has 1 atom stereocenters. The van der Waals surface area contributed by atoms with Gasteiger partial charge >= 0.3 is 5.97 Å². The van der Waals surface area contributed by atoms with Crippen LogP contribution >= 0.6 is 0 Å². The second kappa shape index (κ2) is 8.92. The lowest BCUT2D eigenvalue weighted by molar-refractivity contribution is -0.145. The number of ether oxygens (including phenoxy) is 2. The summed E-state index contributed by atoms with van der Waals surface area (Å²) in [6.07, 6.45) is 1.36. The van der Waals surface area contributed by atoms with Crippen molar-refractivity contribution in [1.82, 2.24) is 9.80 Å². The van der Waals surface area contributed by atoms with Crippen LogP contribution in [0.15, 0.2) is 0 Å². The molecule has 6 heteroatoms. The first-order chi connectivity index (χ1) is 9.54. The first-order valence-electron chi connectivity index (χ1n) is 7.16. The van der Waals surface area contributed by atoms with Gasteiger partial charge in [-0.2, -0.15) is 0 Å². The van der Waals surface area contributed by atoms with E-state index >= 15 is 0 Å². The van der Waals surface area contributed by atoms with E-state index in [1.807, 2.05) is 18.9 Å². The topological polar surface area (TPSA) is 59.1 Å². The van der Waals surface area contributed by atoms with Gasteiger partial charge in [-0.15, -0.1) is 0 Å². The summed E-state index contributed by atoms with van der Waals surface area (Å²) >= 11 is 0. The Morgan fingerprint density at radius 1 is 1.35 bits per heavy atom. The molecular formula is C14H26N2O4. The van der Waals surface area contributed by atoms with Crippen LogP contribution in [0.25, 0.3) is 0 Å². The maximum absolute atomic E-state index is 11.9. The molecular weight excluding hydrogens is 260 g/mol. The highest BCUT2D eigenvalue weighted by Crippen LogP contribution is 2.05. The highest BCUT2D eigenvalue weighted by Gasteiger charge is 2.18. The standard InChI is InChI=1S/C14H26N2O4/c1-12(14(18)19-3)11-15(2)6-4-5-13(17)16-7-9-20-10-8-16/h12H,4-11H2,1-3H3. The number of esters is 1. The second-order valence-electron chi connectivity index (χ2n) is 5.28. The Labute approximate surface area is 121 Å². The smallest absolute Gasteiger partial charge is 0.309 e. The van der Waals surface area contributed by atoms with E-state index in [-0.39, 0.29) is 17.8 Å². The van der Waals surface area contributed by atoms with Crippen molar-refractivity contribution in [3.05, 3.63) is 0 Å². The van der Waals surface area contributed by atoms with Crippen molar-refractivity contribution in [3.63, 3.8) is 0 Å². The molecule has 0 saturated carbocycles. The van der Waals surface area contributed by atoms with Gasteiger partial charge in [0.2, 0.25) is 5.91 Å². The van der Waals surface area contributed by atoms with Gasteiger partial charge in [0, 0.05) is 26.1 Å². The van der Waals surface area contributed by atoms with Crippen LogP contribution in [0.4, 0.5) is 0 Å². The molecule has 1 fully saturated rings. The molecule has 0 radical (unpaired) electrons. The Morgan fingerprint density at radius 2 is 2.00 bits per heavy atom. The summed E-state index contributed by atoms with van der Waals surface area (Å²) in [4.78, 5) is 27.2. The Hall–Kier alpha value is -1.14. The number of carbonyl (C=O) groups excluding carboxylic acids is 2. The number of morpholine rings is 1. The maximum atomic E-state index is 11.9. The summed E-state index contributed by atoms with van der Waals surface area (Å²) in [5, 5.41) is 0. The number of amides is 1. The third-order valence-electron chi connectivity index (χ3n) is 3.48. The van der Waals surface area contributed by atoms with Gasteiger partial charge in [-0.3, -0.25) is 9.59 Å². The van der Waals surface area contributed by atoms with Crippen molar-refractivity contribution in [2.45, 2.75) is 19.8 Å². The molecule has 6 nitrogen and oxygen atoms in total. The van der Waals surface area contributed by atoms with Crippen LogP contribution in [-0.4, -0.2) is 75.2 Å². The summed E-state index contributed by atoms with van der Waals surface area (Å²) < 4.78 is 9.92. The van der Waals surface area contributed by atoms with Gasteiger partial charge in [0.1, 0.15) is 0 Å². The number of hydrogen-bond donors (Lipinski definition) is 0. The lowest BCUT2D eigenvalue weighted by Crippen LogP contribution is -2.40. The van der Waals surface area contributed by atoms with Crippen molar-refractivity contribution >= 4 is 11.9 Å². The van der Waals surface area contributed by atoms with Crippen LogP contribution in [-0.2, 0) is 19.1 Å². The number of hydrogen-bond acceptors (Lipinski definition) is 5. The van der Waals surface area contributed by atoms with Gasteiger partial charge in [-0.1, -0.05) is 6.92 Å². The molecule has 1 amide bonds. The fourth-order valence-corrected chi connectivity index (χ4v) is 2.31. The van der Waals surface area contributed by atoms with Crippen molar-refractivity contribution in [2.24, 2.45) is 5.92 Å². The zero-order chi connectivity index (χ0) is 15.0. The molecule has 0 aromatic rings. The molecule has 1 unspecified atom stereocenters. The van der Waals surface area contributed by atoms with Gasteiger partial charge in [0.15, 0.2) is 0 Å². The number of methoxy groups -OCH3 is 1. The summed E-state index contributed by atoms with van der Waals surface area (Å²) in [6.45, 7) is 5.99. The molecule has 0 N–H and O–H groups in total. The summed E-state index contributed by atoms with van der Waals surface area (Å²) in [6, 6.07) is 0. The number of rotatable bonds is 7. The fraction of sp³-hybridized carbons (Fsp3) is 0.857. The average Bonchev–Trinajstić information content (AvgIpc) is 2.47. The normalized spacial score (nSPS) is 17.1. The molecule has 1 rings (SSSR count). The molecule has 116 valence electrons. The molecule has 0 aromatic heterocycles. The predicted molar refractivity (Wildman–Crippen MR) is 75.3 cm³/mol. The van der Waals surface area contributed by atoms with Gasteiger partial charge in [0.05, 0.1) is 26.2 Å². The first kappa shape index (κ1) is 16.9. The minimum Gasteiger partial charge on any atom is -0.469 e. The SMILES string of the molecule is COC(=O)C(C)CN(C)CCCC(=O)N1CCOCC1. The summed E-state index contributed by atoms with van der Waals surface area (Å²) in [5.74, 6) is -0.135. The lowest BCUT2D eigenvalue weighted by atomic mass is 10.1. The number of nitrogens with zero attached hydrogens (tertiary/aromatic N) is 2. The van der Waals surface area contributed by atoms with Crippen molar-refractivity contribution in [1.29, 1.82) is 0 Å². The largest absolute Gasteiger partial charge is 0.469 e. The van der Waals surface area contributed by atoms with E-state index in [2.05, 4.69) is 4.90 Å². The minimum atomic E-state index is -0.193. The summed E-state index contributed by atoms with van der Waals surface area (Å²) in [5.41, 5.74) is 0. The van der Waals surface area contributed by atoms with E-state index in [1.165, 1.54) is 7.11 Å². The van der Waals surface area contributed by atoms with Crippen molar-refractivity contribution in [2.75, 3.05) is 53.6 Å². The quantitative estimate of drug-likeness (QED) is 0.633. The monoisotopic (exact) mass is 286 g/mol. The number of carbonyl (C=O) groups is 2. The Morgan fingerprint density at radius 3 is 2.60 bits per heavy atom. The Bertz CT molecular complexity index is 316. The van der Waals surface area contributed by atoms with E-state index in [0.29, 0.717) is 39.3 Å². The van der Waals surface area contributed by atoms with Crippen LogP contribution in [0, 0.1) is 5.92 Å². The summed E-state index contributed by atoms with van der Waals surface area (Å²) in [7, 11) is 3.36. The molecule has 1 aliphatic rings. The zero-order valence-electron chi connectivity index (χ0n) is 12.8. The van der Waals surface area contributed by atoms with E-state index in [4.69, 9.17) is 9.47 Å². The van der Waals surface area contributed by atoms with Crippen molar-refractivity contribution < 1.29 is 19.1 Å². The van der Waals surface area contributed by atoms with Gasteiger partial charge in [-0.25, -0.2) is 0 Å². The molecule has 0 aromatic carbocycles. The van der Waals surface area contributed by atoms with Crippen LogP contribution in [0.1, 0.15) is 19.8 Å². The molecule has 1 heterocycles. The molecule has 1 saturated heterocycles. The maximum Gasteiger partial charge on any atom is 0.309 e. The highest BCUT2D eigenvalue weighted by molar-refractivity contribution is 5.76. The Kier molecular flexibility index (Phi) is 7.54. The molecule has 0 aliphatic carbocycles. The average molecular weight is 286 g/mol. The fourth-order valence-electron chi connectivity index (χ4n) is 2.31. The molecule has 20 heavy (non-hydrogen) atoms. The highest BCUT2D eigenvalue weighted by atomic mass is 16.5. The predicted octanol–water partition coefficient (Wildman–Crippen LogP) is 0.366. The van der Waals surface area contributed by atoms with Gasteiger partial charge in [0.25, 0.3) is 0 Å². The molecule has 0 spiro atoms. The first-order valence-corrected chi connectivity index (χ1v) is 7.16. The van der Waals surface area contributed by atoms with Gasteiger partial charge < -0.3 is 19.3 Å². The third-order valence-corrected chi connectivity index (χ3v) is 3.48. The van der Waals surface area contributed by atoms with Crippen LogP contribution in [0.3, 0.4) is 0 Å². The lowest BCUT2D eigenvalue weighted by Gasteiger charge is -2.27. The van der Waals surface area contributed by atoms with E-state index in [1.54, 1.807) is 0 Å². The zero-order valence-corrected chi connectivity index (χ0v) is 12.8. The molecule has 1 aliphatic heterocycles. The molecule has 0 bridgehead atoms. The minimum absolute atomic E-state index is 0.139. The Balaban J connectivity index is 2.16.